The number of carbonyl (C=O) groups excluding carboxylic acids is 1. The number of alkyl halides is 1. The highest BCUT2D eigenvalue weighted by Gasteiger charge is 2.49. The van der Waals surface area contributed by atoms with Crippen LogP contribution in [0.3, 0.4) is 0 Å². The van der Waals surface area contributed by atoms with Crippen molar-refractivity contribution in [3.05, 3.63) is 130 Å². The van der Waals surface area contributed by atoms with E-state index in [4.69, 9.17) is 62.4 Å². The molecular formula is C42H58ClN9O30P4. The summed E-state index contributed by atoms with van der Waals surface area (Å²) in [5, 5.41) is 0. The molecule has 0 spiro atoms. The molecule has 44 heteroatoms. The highest BCUT2D eigenvalue weighted by molar-refractivity contribution is 7.48. The molecule has 15 unspecified atom stereocenters. The molecule has 4 saturated heterocycles. The number of phosphoric acid groups is 4. The van der Waals surface area contributed by atoms with Gasteiger partial charge < -0.3 is 54.3 Å². The second-order valence-corrected chi connectivity index (χ2v) is 25.3. The van der Waals surface area contributed by atoms with E-state index in [1.807, 2.05) is 9.97 Å². The molecule has 0 amide bonds. The van der Waals surface area contributed by atoms with Crippen molar-refractivity contribution in [1.82, 2.24) is 44.4 Å². The predicted molar refractivity (Wildman–Crippen MR) is 284 cm³/mol. The molecule has 4 aromatic heterocycles. The van der Waals surface area contributed by atoms with Crippen LogP contribution in [0.1, 0.15) is 72.8 Å². The lowest BCUT2D eigenvalue weighted by Gasteiger charge is -2.25. The van der Waals surface area contributed by atoms with Crippen LogP contribution in [0, 0.1) is 27.7 Å². The number of aryl methyl sites for hydroxylation is 4. The summed E-state index contributed by atoms with van der Waals surface area (Å²) in [6, 6.07) is 0. The minimum atomic E-state index is -5.54. The number of nitrogens with zero attached hydrogens (tertiary/aromatic N) is 4. The number of rotatable bonds is 24. The summed E-state index contributed by atoms with van der Waals surface area (Å²) in [5.74, 6) is -1.58. The zero-order valence-electron chi connectivity index (χ0n) is 45.2. The maximum Gasteiger partial charge on any atom is 0.472 e. The highest BCUT2D eigenvalue weighted by atomic mass is 35.5. The standard InChI is InChI=1S/C42H55ClN8O30P4.H3N/c1-18-10-48(39(57)44-35(18)53)30-5-22(78-34(52)9-43)26(74-30)15-71-83(64,65)80-24-7-32(50-12-20(3)37(55)46-41(50)59)76-28(24)17-73-85(68,69)81-25-8-33(51-13-21(4)38(56)47-42(51)60)77-29(25)16-72-84(66,67)79-23-6-31(75-27(23)14-70-82(61,62)63)49-11-19(2)36(54)45-40(49)58;/h10-13,22-33H,5-9,14-17H2,1-4H3,(H,64,65)(H,66,67)(H,68,69)(H,44,53,57)(H,45,54,58)(H,46,55,59)(H,47,56,60)(H2,61,62,63);1H3. The fraction of sp³-hybridized carbons (Fsp3) is 0.595. The number of carbonyl (C=O) groups is 1. The van der Waals surface area contributed by atoms with Crippen LogP contribution in [-0.2, 0) is 78.4 Å². The number of nitrogens with one attached hydrogen (secondary N) is 4. The van der Waals surface area contributed by atoms with E-state index >= 15 is 0 Å². The summed E-state index contributed by atoms with van der Waals surface area (Å²) in [6.45, 7) is 1.32. The Kier molecular flexibility index (Phi) is 21.6. The number of aromatic nitrogens is 8. The second-order valence-electron chi connectivity index (χ2n) is 19.5. The summed E-state index contributed by atoms with van der Waals surface area (Å²) in [6.07, 6.45) is -15.9. The highest BCUT2D eigenvalue weighted by Crippen LogP contribution is 2.54. The van der Waals surface area contributed by atoms with E-state index in [1.165, 1.54) is 33.9 Å². The van der Waals surface area contributed by atoms with E-state index in [2.05, 4.69) is 14.5 Å². The van der Waals surface area contributed by atoms with E-state index < -0.39 is 208 Å². The number of aromatic amines is 4. The number of phosphoric ester groups is 4. The Hall–Kier alpha value is -5.28. The van der Waals surface area contributed by atoms with Crippen molar-refractivity contribution in [2.24, 2.45) is 0 Å². The maximum atomic E-state index is 14.0. The van der Waals surface area contributed by atoms with Gasteiger partial charge in [-0.1, -0.05) is 0 Å². The summed E-state index contributed by atoms with van der Waals surface area (Å²) in [5.41, 5.74) is -6.91. The smallest absolute Gasteiger partial charge is 0.458 e. The molecule has 0 bridgehead atoms. The minimum absolute atomic E-state index is 0. The van der Waals surface area contributed by atoms with Gasteiger partial charge >= 0.3 is 60.0 Å². The lowest BCUT2D eigenvalue weighted by molar-refractivity contribution is -0.149. The largest absolute Gasteiger partial charge is 0.472 e. The summed E-state index contributed by atoms with van der Waals surface area (Å²) < 4.78 is 122. The Labute approximate surface area is 484 Å². The number of esters is 1. The number of halogens is 1. The van der Waals surface area contributed by atoms with Crippen molar-refractivity contribution in [3.8, 4) is 0 Å². The first-order valence-electron chi connectivity index (χ1n) is 25.0. The molecule has 8 rings (SSSR count). The molecule has 0 radical (unpaired) electrons. The summed E-state index contributed by atoms with van der Waals surface area (Å²) in [4.78, 5) is 173. The topological polar surface area (TPSA) is 552 Å². The van der Waals surface area contributed by atoms with Crippen molar-refractivity contribution < 1.29 is 103 Å². The van der Waals surface area contributed by atoms with Crippen LogP contribution in [0.2, 0.25) is 0 Å². The molecule has 0 aromatic carbocycles. The monoisotopic (exact) mass is 1330 g/mol. The third-order valence-electron chi connectivity index (χ3n) is 13.4. The quantitative estimate of drug-likeness (QED) is 0.0217. The van der Waals surface area contributed by atoms with Crippen LogP contribution in [0.25, 0.3) is 0 Å². The molecule has 4 aliphatic rings. The van der Waals surface area contributed by atoms with E-state index in [0.717, 1.165) is 36.9 Å². The van der Waals surface area contributed by atoms with Crippen LogP contribution in [0.5, 0.6) is 0 Å². The van der Waals surface area contributed by atoms with E-state index in [9.17, 15) is 85.9 Å². The maximum absolute atomic E-state index is 14.0. The van der Waals surface area contributed by atoms with Gasteiger partial charge in [0.2, 0.25) is 0 Å². The van der Waals surface area contributed by atoms with Gasteiger partial charge in [0.25, 0.3) is 22.2 Å². The second kappa shape index (κ2) is 27.2. The summed E-state index contributed by atoms with van der Waals surface area (Å²) >= 11 is 5.64. The first kappa shape index (κ1) is 68.2. The fourth-order valence-electron chi connectivity index (χ4n) is 9.22. The van der Waals surface area contributed by atoms with Crippen molar-refractivity contribution in [2.45, 2.75) is 127 Å². The molecule has 39 nitrogen and oxygen atoms in total. The van der Waals surface area contributed by atoms with E-state index in [1.54, 1.807) is 0 Å². The van der Waals surface area contributed by atoms with Gasteiger partial charge in [-0.2, -0.15) is 0 Å². The number of ether oxygens (including phenoxy) is 5. The van der Waals surface area contributed by atoms with Gasteiger partial charge in [0.15, 0.2) is 0 Å². The minimum Gasteiger partial charge on any atom is -0.458 e. The van der Waals surface area contributed by atoms with Gasteiger partial charge in [-0.25, -0.2) is 37.4 Å². The Balaban J connectivity index is 0.0000106. The Morgan fingerprint density at radius 2 is 0.721 bits per heavy atom. The third kappa shape index (κ3) is 16.9. The van der Waals surface area contributed by atoms with Crippen molar-refractivity contribution >= 4 is 48.9 Å². The van der Waals surface area contributed by atoms with Gasteiger partial charge in [-0.15, -0.1) is 11.6 Å². The average molecular weight is 1330 g/mol. The molecule has 0 aliphatic carbocycles. The average Bonchev–Trinajstić information content (AvgIpc) is 2.38. The van der Waals surface area contributed by atoms with Gasteiger partial charge in [0.05, 0.1) is 26.4 Å². The number of H-pyrrole nitrogens is 4. The van der Waals surface area contributed by atoms with Gasteiger partial charge in [0, 0.05) is 72.7 Å². The third-order valence-corrected chi connectivity index (χ3v) is 17.1. The van der Waals surface area contributed by atoms with Crippen LogP contribution in [0.15, 0.2) is 63.1 Å². The van der Waals surface area contributed by atoms with Gasteiger partial charge in [-0.05, 0) is 27.7 Å². The van der Waals surface area contributed by atoms with Crippen LogP contribution in [0.4, 0.5) is 0 Å². The lowest BCUT2D eigenvalue weighted by atomic mass is 10.2. The van der Waals surface area contributed by atoms with Gasteiger partial charge in [0.1, 0.15) is 79.6 Å². The van der Waals surface area contributed by atoms with Crippen molar-refractivity contribution in [3.63, 3.8) is 0 Å². The molecule has 4 aromatic rings. The van der Waals surface area contributed by atoms with Crippen LogP contribution < -0.4 is 51.1 Å². The molecule has 12 N–H and O–H groups in total. The number of hydrogen-bond acceptors (Lipinski definition) is 26. The SMILES string of the molecule is Cc1cn(C2CC(OC(=O)CCl)C(COP(=O)(O)OC3CC(n4cc(C)c(=O)[nH]c4=O)OC3COP(=O)(O)OC3CC(n4cc(C)c(=O)[nH]c4=O)OC3COP(=O)(O)OC3CC(n4cc(C)c(=O)[nH]c4=O)OC3COP(=O)(O)O)O2)c(=O)[nH]c1=O.N. The van der Waals surface area contributed by atoms with Crippen LogP contribution in [-0.4, -0.2) is 150 Å². The van der Waals surface area contributed by atoms with Crippen LogP contribution >= 0.6 is 42.9 Å². The Bertz CT molecular complexity index is 3880. The normalized spacial score (nSPS) is 27.9. The Morgan fingerprint density at radius 3 is 0.977 bits per heavy atom. The van der Waals surface area contributed by atoms with Crippen molar-refractivity contribution in [1.29, 1.82) is 0 Å². The number of hydrogen-bond donors (Lipinski definition) is 10. The van der Waals surface area contributed by atoms with E-state index in [0.29, 0.717) is 0 Å². The predicted octanol–water partition coefficient (Wildman–Crippen LogP) is -1.50. The fourth-order valence-corrected chi connectivity index (χ4v) is 12.5. The molecule has 86 heavy (non-hydrogen) atoms. The lowest BCUT2D eigenvalue weighted by Crippen LogP contribution is -2.33. The summed E-state index contributed by atoms with van der Waals surface area (Å²) in [7, 11) is -21.6. The first-order chi connectivity index (χ1) is 39.7. The first-order valence-corrected chi connectivity index (χ1v) is 31.6. The molecular weight excluding hydrogens is 1270 g/mol. The zero-order chi connectivity index (χ0) is 62.2. The molecule has 4 aliphatic heterocycles. The van der Waals surface area contributed by atoms with E-state index in [-0.39, 0.29) is 34.8 Å². The molecule has 8 heterocycles. The molecule has 15 atom stereocenters. The van der Waals surface area contributed by atoms with Crippen molar-refractivity contribution in [2.75, 3.05) is 32.3 Å². The Morgan fingerprint density at radius 1 is 0.477 bits per heavy atom. The van der Waals surface area contributed by atoms with Gasteiger partial charge in [-0.3, -0.25) is 93.8 Å². The molecule has 4 fully saturated rings. The molecule has 478 valence electrons. The zero-order valence-corrected chi connectivity index (χ0v) is 49.5. The molecule has 0 saturated carbocycles.